The first-order valence-electron chi connectivity index (χ1n) is 8.74. The van der Waals surface area contributed by atoms with Crippen LogP contribution < -0.4 is 10.6 Å². The molecule has 1 aliphatic rings. The fourth-order valence-corrected chi connectivity index (χ4v) is 3.09. The number of hydrogen-bond donors (Lipinski definition) is 2. The molecule has 1 fully saturated rings. The first-order chi connectivity index (χ1) is 13.9. The van der Waals surface area contributed by atoms with Gasteiger partial charge in [-0.2, -0.15) is 0 Å². The van der Waals surface area contributed by atoms with Gasteiger partial charge in [0, 0.05) is 25.5 Å². The Morgan fingerprint density at radius 1 is 1.14 bits per heavy atom. The third kappa shape index (κ3) is 7.45. The summed E-state index contributed by atoms with van der Waals surface area (Å²) in [7, 11) is 0. The van der Waals surface area contributed by atoms with E-state index in [0.29, 0.717) is 5.06 Å². The topological polar surface area (TPSA) is 131 Å². The normalized spacial score (nSPS) is 14.3. The highest BCUT2D eigenvalue weighted by atomic mass is 32.2. The summed E-state index contributed by atoms with van der Waals surface area (Å²) in [6, 6.07) is 7.75. The highest BCUT2D eigenvalue weighted by Gasteiger charge is 2.35. The Labute approximate surface area is 171 Å². The Morgan fingerprint density at radius 3 is 2.41 bits per heavy atom. The molecule has 1 heterocycles. The van der Waals surface area contributed by atoms with Crippen molar-refractivity contribution in [3.05, 3.63) is 35.9 Å². The summed E-state index contributed by atoms with van der Waals surface area (Å²) in [4.78, 5) is 63.5. The molecule has 0 aromatic heterocycles. The Morgan fingerprint density at radius 2 is 1.79 bits per heavy atom. The lowest BCUT2D eigenvalue weighted by Gasteiger charge is -2.20. The molecule has 10 nitrogen and oxygen atoms in total. The molecule has 1 aliphatic heterocycles. The number of imide groups is 1. The molecule has 1 atom stereocenters. The quantitative estimate of drug-likeness (QED) is 0.337. The van der Waals surface area contributed by atoms with Crippen molar-refractivity contribution >= 4 is 41.5 Å². The predicted octanol–water partition coefficient (Wildman–Crippen LogP) is 0.715. The summed E-state index contributed by atoms with van der Waals surface area (Å²) in [6.07, 6.45) is -0.948. The zero-order valence-corrected chi connectivity index (χ0v) is 16.5. The van der Waals surface area contributed by atoms with Gasteiger partial charge >= 0.3 is 12.1 Å². The van der Waals surface area contributed by atoms with Crippen LogP contribution in [0.3, 0.4) is 0 Å². The summed E-state index contributed by atoms with van der Waals surface area (Å²) in [5.41, 5.74) is 0.759. The fourth-order valence-electron chi connectivity index (χ4n) is 2.22. The van der Waals surface area contributed by atoms with E-state index in [1.54, 1.807) is 24.3 Å². The highest BCUT2D eigenvalue weighted by molar-refractivity contribution is 7.99. The summed E-state index contributed by atoms with van der Waals surface area (Å²) in [5.74, 6) is -2.27. The Hall–Kier alpha value is -3.08. The lowest BCUT2D eigenvalue weighted by atomic mass is 10.2. The minimum Gasteiger partial charge on any atom is -0.445 e. The maximum atomic E-state index is 12.4. The van der Waals surface area contributed by atoms with Crippen molar-refractivity contribution in [1.82, 2.24) is 15.7 Å². The van der Waals surface area contributed by atoms with E-state index in [2.05, 4.69) is 10.6 Å². The molecule has 4 amide bonds. The number of carbonyl (C=O) groups is 5. The highest BCUT2D eigenvalue weighted by Crippen LogP contribution is 2.14. The average Bonchev–Trinajstić information content (AvgIpc) is 3.01. The van der Waals surface area contributed by atoms with Crippen LogP contribution in [0.1, 0.15) is 25.3 Å². The van der Waals surface area contributed by atoms with Gasteiger partial charge in [-0.15, -0.1) is 16.8 Å². The van der Waals surface area contributed by atoms with Gasteiger partial charge in [0.05, 0.1) is 5.88 Å². The number of hydrogen-bond acceptors (Lipinski definition) is 8. The van der Waals surface area contributed by atoms with Crippen LogP contribution in [0.25, 0.3) is 0 Å². The van der Waals surface area contributed by atoms with Gasteiger partial charge in [0.15, 0.2) is 0 Å². The van der Waals surface area contributed by atoms with Gasteiger partial charge in [-0.3, -0.25) is 14.4 Å². The molecule has 0 spiro atoms. The van der Waals surface area contributed by atoms with E-state index >= 15 is 0 Å². The molecule has 29 heavy (non-hydrogen) atoms. The molecule has 0 aliphatic carbocycles. The Kier molecular flexibility index (Phi) is 8.46. The van der Waals surface area contributed by atoms with Gasteiger partial charge in [-0.1, -0.05) is 30.3 Å². The van der Waals surface area contributed by atoms with Crippen LogP contribution in [0.15, 0.2) is 30.3 Å². The van der Waals surface area contributed by atoms with Crippen molar-refractivity contribution in [3.8, 4) is 0 Å². The van der Waals surface area contributed by atoms with Crippen molar-refractivity contribution in [2.45, 2.75) is 32.4 Å². The lowest BCUT2D eigenvalue weighted by Crippen LogP contribution is -2.47. The smallest absolute Gasteiger partial charge is 0.408 e. The number of hydroxylamine groups is 2. The van der Waals surface area contributed by atoms with E-state index in [1.165, 1.54) is 6.92 Å². The second-order valence-corrected chi connectivity index (χ2v) is 7.03. The second kappa shape index (κ2) is 11.1. The number of amides is 4. The van der Waals surface area contributed by atoms with E-state index in [9.17, 15) is 24.0 Å². The van der Waals surface area contributed by atoms with E-state index in [-0.39, 0.29) is 37.0 Å². The molecule has 1 saturated heterocycles. The lowest BCUT2D eigenvalue weighted by molar-refractivity contribution is -0.198. The van der Waals surface area contributed by atoms with E-state index in [1.807, 2.05) is 6.07 Å². The van der Waals surface area contributed by atoms with Gasteiger partial charge in [0.2, 0.25) is 5.91 Å². The largest absolute Gasteiger partial charge is 0.445 e. The van der Waals surface area contributed by atoms with Gasteiger partial charge in [-0.25, -0.2) is 9.59 Å². The number of rotatable bonds is 9. The number of benzene rings is 1. The molecule has 156 valence electrons. The Balaban J connectivity index is 1.92. The number of alkyl carbamates (subject to hydrolysis) is 1. The van der Waals surface area contributed by atoms with Crippen LogP contribution >= 0.6 is 11.8 Å². The first-order valence-corrected chi connectivity index (χ1v) is 9.89. The van der Waals surface area contributed by atoms with Gasteiger partial charge in [0.1, 0.15) is 12.6 Å². The van der Waals surface area contributed by atoms with Gasteiger partial charge in [0.25, 0.3) is 11.8 Å². The number of nitrogens with one attached hydrogen (secondary N) is 2. The van der Waals surface area contributed by atoms with E-state index in [4.69, 9.17) is 9.57 Å². The zero-order valence-electron chi connectivity index (χ0n) is 15.7. The molecule has 0 unspecified atom stereocenters. The van der Waals surface area contributed by atoms with Crippen molar-refractivity contribution < 1.29 is 33.5 Å². The molecule has 0 radical (unpaired) electrons. The predicted molar refractivity (Wildman–Crippen MR) is 102 cm³/mol. The first kappa shape index (κ1) is 22.2. The maximum absolute atomic E-state index is 12.4. The summed E-state index contributed by atoms with van der Waals surface area (Å²) < 4.78 is 5.08. The molecule has 2 N–H and O–H groups in total. The van der Waals surface area contributed by atoms with E-state index in [0.717, 1.165) is 17.3 Å². The molecule has 11 heteroatoms. The third-order valence-electron chi connectivity index (χ3n) is 3.68. The van der Waals surface area contributed by atoms with Crippen molar-refractivity contribution in [2.24, 2.45) is 0 Å². The second-order valence-electron chi connectivity index (χ2n) is 6.00. The van der Waals surface area contributed by atoms with Crippen LogP contribution in [-0.4, -0.2) is 52.5 Å². The molecule has 2 rings (SSSR count). The van der Waals surface area contributed by atoms with Crippen LogP contribution in [-0.2, 0) is 35.4 Å². The molecular weight excluding hydrogens is 402 g/mol. The standard InChI is InChI=1S/C18H21N3O7S/c1-12(22)19-11-29-10-14(17(25)28-21-15(23)7-8-16(21)24)20-18(26)27-9-13-5-3-2-4-6-13/h2-6,14H,7-11H2,1H3,(H,19,22)(H,20,26)/t14-/m0/s1. The molecule has 0 bridgehead atoms. The van der Waals surface area contributed by atoms with Crippen molar-refractivity contribution in [1.29, 1.82) is 0 Å². The zero-order chi connectivity index (χ0) is 21.2. The number of nitrogens with zero attached hydrogens (tertiary/aromatic N) is 1. The number of carbonyl (C=O) groups excluding carboxylic acids is 5. The minimum atomic E-state index is -1.20. The Bertz CT molecular complexity index is 756. The molecule has 1 aromatic carbocycles. The monoisotopic (exact) mass is 423 g/mol. The number of ether oxygens (including phenoxy) is 1. The van der Waals surface area contributed by atoms with Crippen LogP contribution in [0.2, 0.25) is 0 Å². The van der Waals surface area contributed by atoms with Crippen LogP contribution in [0, 0.1) is 0 Å². The van der Waals surface area contributed by atoms with Crippen molar-refractivity contribution in [2.75, 3.05) is 11.6 Å². The maximum Gasteiger partial charge on any atom is 0.408 e. The SMILES string of the molecule is CC(=O)NCSC[C@H](NC(=O)OCc1ccccc1)C(=O)ON1C(=O)CCC1=O. The summed E-state index contributed by atoms with van der Waals surface area (Å²) in [5, 5.41) is 5.30. The molecule has 0 saturated carbocycles. The fraction of sp³-hybridized carbons (Fsp3) is 0.389. The van der Waals surface area contributed by atoms with Crippen molar-refractivity contribution in [3.63, 3.8) is 0 Å². The summed E-state index contributed by atoms with van der Waals surface area (Å²) in [6.45, 7) is 1.34. The van der Waals surface area contributed by atoms with Gasteiger partial charge in [-0.05, 0) is 5.56 Å². The van der Waals surface area contributed by atoms with E-state index < -0.39 is 29.9 Å². The molecular formula is C18H21N3O7S. The van der Waals surface area contributed by atoms with Crippen LogP contribution in [0.4, 0.5) is 4.79 Å². The third-order valence-corrected chi connectivity index (χ3v) is 4.60. The van der Waals surface area contributed by atoms with Crippen LogP contribution in [0.5, 0.6) is 0 Å². The number of thioether (sulfide) groups is 1. The molecule has 1 aromatic rings. The minimum absolute atomic E-state index is 0.00340. The summed E-state index contributed by atoms with van der Waals surface area (Å²) >= 11 is 1.14. The average molecular weight is 423 g/mol. The van der Waals surface area contributed by atoms with Gasteiger partial charge < -0.3 is 20.2 Å².